The average Bonchev–Trinajstić information content (AvgIpc) is 3.02. The molecule has 0 radical (unpaired) electrons. The topological polar surface area (TPSA) is 70.6 Å². The molecule has 2 N–H and O–H groups in total. The molecule has 1 heterocycles. The molecular weight excluding hydrogens is 334 g/mol. The number of amides is 2. The number of anilines is 1. The van der Waals surface area contributed by atoms with Crippen LogP contribution in [0.25, 0.3) is 0 Å². The van der Waals surface area contributed by atoms with Crippen molar-refractivity contribution in [3.8, 4) is 0 Å². The number of hydrazone groups is 1. The zero-order chi connectivity index (χ0) is 16.8. The number of hydrogen-bond acceptors (Lipinski definition) is 4. The monoisotopic (exact) mass is 349 g/mol. The normalized spacial score (nSPS) is 11.2. The third kappa shape index (κ3) is 5.19. The largest absolute Gasteiger partial charge is 0.326 e. The van der Waals surface area contributed by atoms with Crippen molar-refractivity contribution in [2.75, 3.05) is 5.32 Å². The van der Waals surface area contributed by atoms with Gasteiger partial charge in [0.25, 0.3) is 5.91 Å². The minimum atomic E-state index is -0.284. The quantitative estimate of drug-likeness (QED) is 0.636. The van der Waals surface area contributed by atoms with Crippen LogP contribution in [0.3, 0.4) is 0 Å². The van der Waals surface area contributed by atoms with Crippen LogP contribution in [0.15, 0.2) is 40.8 Å². The Bertz CT molecular complexity index is 742. The third-order valence-corrected chi connectivity index (χ3v) is 4.08. The van der Waals surface area contributed by atoms with Crippen LogP contribution in [-0.4, -0.2) is 17.5 Å². The van der Waals surface area contributed by atoms with Crippen LogP contribution in [0, 0.1) is 6.92 Å². The summed E-state index contributed by atoms with van der Waals surface area (Å²) in [4.78, 5) is 24.3. The molecule has 2 aromatic rings. The molecule has 5 nitrogen and oxygen atoms in total. The van der Waals surface area contributed by atoms with Crippen LogP contribution in [0.5, 0.6) is 0 Å². The number of thiophene rings is 1. The maximum absolute atomic E-state index is 12.0. The van der Waals surface area contributed by atoms with E-state index in [1.165, 1.54) is 11.3 Å². The average molecular weight is 350 g/mol. The van der Waals surface area contributed by atoms with Gasteiger partial charge in [0.15, 0.2) is 0 Å². The van der Waals surface area contributed by atoms with Crippen LogP contribution >= 0.6 is 22.9 Å². The molecule has 0 saturated carbocycles. The molecule has 0 aliphatic carbocycles. The molecule has 0 atom stereocenters. The molecule has 0 spiro atoms. The smallest absolute Gasteiger partial charge is 0.281 e. The van der Waals surface area contributed by atoms with Crippen molar-refractivity contribution < 1.29 is 9.59 Å². The molecule has 0 unspecified atom stereocenters. The molecule has 23 heavy (non-hydrogen) atoms. The van der Waals surface area contributed by atoms with E-state index in [1.807, 2.05) is 12.3 Å². The Morgan fingerprint density at radius 2 is 2.09 bits per heavy atom. The standard InChI is InChI=1S/C16H16ClN3O2S/c1-10-8-12(17)5-6-13(10)18-15(21)9-11(2)19-20-16(22)14-4-3-7-23-14/h3-8H,9H2,1-2H3,(H,18,21)(H,20,22)/b19-11-. The summed E-state index contributed by atoms with van der Waals surface area (Å²) in [7, 11) is 0. The first kappa shape index (κ1) is 17.2. The summed E-state index contributed by atoms with van der Waals surface area (Å²) in [5.41, 5.74) is 4.53. The Morgan fingerprint density at radius 1 is 1.30 bits per heavy atom. The third-order valence-electron chi connectivity index (χ3n) is 2.97. The van der Waals surface area contributed by atoms with Gasteiger partial charge in [-0.2, -0.15) is 5.10 Å². The predicted octanol–water partition coefficient (Wildman–Crippen LogP) is 3.84. The molecule has 0 bridgehead atoms. The van der Waals surface area contributed by atoms with E-state index >= 15 is 0 Å². The fraction of sp³-hybridized carbons (Fsp3) is 0.188. The van der Waals surface area contributed by atoms with Crippen LogP contribution in [0.2, 0.25) is 5.02 Å². The van der Waals surface area contributed by atoms with Crippen molar-refractivity contribution in [3.63, 3.8) is 0 Å². The van der Waals surface area contributed by atoms with Crippen molar-refractivity contribution in [1.29, 1.82) is 0 Å². The second kappa shape index (κ2) is 7.89. The van der Waals surface area contributed by atoms with E-state index in [-0.39, 0.29) is 18.2 Å². The molecule has 0 aliphatic rings. The number of carbonyl (C=O) groups is 2. The lowest BCUT2D eigenvalue weighted by molar-refractivity contribution is -0.115. The lowest BCUT2D eigenvalue weighted by Crippen LogP contribution is -2.21. The second-order valence-corrected chi connectivity index (χ2v) is 6.33. The number of rotatable bonds is 5. The molecule has 1 aromatic heterocycles. The fourth-order valence-corrected chi connectivity index (χ4v) is 2.68. The van der Waals surface area contributed by atoms with Gasteiger partial charge in [-0.05, 0) is 49.1 Å². The summed E-state index contributed by atoms with van der Waals surface area (Å²) >= 11 is 7.21. The zero-order valence-corrected chi connectivity index (χ0v) is 14.3. The van der Waals surface area contributed by atoms with Crippen LogP contribution in [0.1, 0.15) is 28.6 Å². The molecule has 0 aliphatic heterocycles. The first-order valence-corrected chi connectivity index (χ1v) is 8.14. The van der Waals surface area contributed by atoms with E-state index in [0.717, 1.165) is 5.56 Å². The highest BCUT2D eigenvalue weighted by Crippen LogP contribution is 2.19. The van der Waals surface area contributed by atoms with Crippen LogP contribution in [-0.2, 0) is 4.79 Å². The van der Waals surface area contributed by atoms with Crippen LogP contribution < -0.4 is 10.7 Å². The summed E-state index contributed by atoms with van der Waals surface area (Å²) in [5.74, 6) is -0.490. The van der Waals surface area contributed by atoms with Gasteiger partial charge in [-0.3, -0.25) is 9.59 Å². The maximum Gasteiger partial charge on any atom is 0.281 e. The number of hydrogen-bond donors (Lipinski definition) is 2. The molecule has 7 heteroatoms. The van der Waals surface area contributed by atoms with Crippen molar-refractivity contribution in [3.05, 3.63) is 51.2 Å². The molecule has 0 fully saturated rings. The summed E-state index contributed by atoms with van der Waals surface area (Å²) < 4.78 is 0. The highest BCUT2D eigenvalue weighted by molar-refractivity contribution is 7.12. The first-order valence-electron chi connectivity index (χ1n) is 6.88. The lowest BCUT2D eigenvalue weighted by atomic mass is 10.2. The van der Waals surface area contributed by atoms with Gasteiger partial charge >= 0.3 is 0 Å². The SMILES string of the molecule is C/C(CC(=O)Nc1ccc(Cl)cc1C)=N/NC(=O)c1cccs1. The number of halogens is 1. The summed E-state index contributed by atoms with van der Waals surface area (Å²) in [5, 5.41) is 9.17. The van der Waals surface area contributed by atoms with Gasteiger partial charge in [-0.25, -0.2) is 5.43 Å². The Labute approximate surface area is 143 Å². The Kier molecular flexibility index (Phi) is 5.90. The van der Waals surface area contributed by atoms with Gasteiger partial charge in [0, 0.05) is 16.4 Å². The Balaban J connectivity index is 1.89. The van der Waals surface area contributed by atoms with Gasteiger partial charge in [0.2, 0.25) is 5.91 Å². The second-order valence-electron chi connectivity index (χ2n) is 4.95. The van der Waals surface area contributed by atoms with Crippen molar-refractivity contribution >= 4 is 46.2 Å². The van der Waals surface area contributed by atoms with Crippen molar-refractivity contribution in [1.82, 2.24) is 5.43 Å². The zero-order valence-electron chi connectivity index (χ0n) is 12.7. The minimum absolute atomic E-state index is 0.0901. The van der Waals surface area contributed by atoms with E-state index in [0.29, 0.717) is 21.3 Å². The van der Waals surface area contributed by atoms with E-state index in [1.54, 1.807) is 37.3 Å². The summed E-state index contributed by atoms with van der Waals surface area (Å²) in [6.07, 6.45) is 0.0901. The van der Waals surface area contributed by atoms with Gasteiger partial charge in [0.05, 0.1) is 11.3 Å². The predicted molar refractivity (Wildman–Crippen MR) is 94.3 cm³/mol. The molecule has 1 aromatic carbocycles. The molecular formula is C16H16ClN3O2S. The number of benzene rings is 1. The summed E-state index contributed by atoms with van der Waals surface area (Å²) in [6, 6.07) is 8.74. The molecule has 2 amide bonds. The fourth-order valence-electron chi connectivity index (χ4n) is 1.84. The van der Waals surface area contributed by atoms with Gasteiger partial charge in [-0.15, -0.1) is 11.3 Å². The minimum Gasteiger partial charge on any atom is -0.326 e. The number of carbonyl (C=O) groups excluding carboxylic acids is 2. The van der Waals surface area contributed by atoms with E-state index in [2.05, 4.69) is 15.8 Å². The molecule has 120 valence electrons. The van der Waals surface area contributed by atoms with E-state index in [4.69, 9.17) is 11.6 Å². The highest BCUT2D eigenvalue weighted by Gasteiger charge is 2.08. The molecule has 0 saturated heterocycles. The van der Waals surface area contributed by atoms with Crippen LogP contribution in [0.4, 0.5) is 5.69 Å². The number of aryl methyl sites for hydroxylation is 1. The Hall–Kier alpha value is -2.18. The maximum atomic E-state index is 12.0. The van der Waals surface area contributed by atoms with E-state index in [9.17, 15) is 9.59 Å². The summed E-state index contributed by atoms with van der Waals surface area (Å²) in [6.45, 7) is 3.55. The Morgan fingerprint density at radius 3 is 2.74 bits per heavy atom. The lowest BCUT2D eigenvalue weighted by Gasteiger charge is -2.08. The van der Waals surface area contributed by atoms with E-state index < -0.39 is 0 Å². The number of nitrogens with one attached hydrogen (secondary N) is 2. The highest BCUT2D eigenvalue weighted by atomic mass is 35.5. The molecule has 2 rings (SSSR count). The number of nitrogens with zero attached hydrogens (tertiary/aromatic N) is 1. The first-order chi connectivity index (χ1) is 11.0. The van der Waals surface area contributed by atoms with Gasteiger partial charge in [-0.1, -0.05) is 17.7 Å². The van der Waals surface area contributed by atoms with Crippen molar-refractivity contribution in [2.45, 2.75) is 20.3 Å². The van der Waals surface area contributed by atoms with Gasteiger partial charge in [0.1, 0.15) is 0 Å². The van der Waals surface area contributed by atoms with Crippen molar-refractivity contribution in [2.24, 2.45) is 5.10 Å². The van der Waals surface area contributed by atoms with Gasteiger partial charge < -0.3 is 5.32 Å².